The molecule has 144 valence electrons. The molecule has 8 heteroatoms. The molecule has 2 amide bonds. The van der Waals surface area contributed by atoms with Gasteiger partial charge in [0.1, 0.15) is 11.4 Å². The van der Waals surface area contributed by atoms with Gasteiger partial charge in [0.05, 0.1) is 13.7 Å². The largest absolute Gasteiger partial charge is 0.497 e. The van der Waals surface area contributed by atoms with E-state index in [1.807, 2.05) is 20.8 Å². The summed E-state index contributed by atoms with van der Waals surface area (Å²) in [5.41, 5.74) is 1.90. The van der Waals surface area contributed by atoms with E-state index in [0.717, 1.165) is 5.69 Å². The first-order chi connectivity index (χ1) is 12.8. The van der Waals surface area contributed by atoms with E-state index >= 15 is 0 Å². The number of aromatic nitrogens is 2. The number of nitrogens with one attached hydrogen (secondary N) is 2. The van der Waals surface area contributed by atoms with Crippen LogP contribution in [0.25, 0.3) is 0 Å². The molecule has 0 fully saturated rings. The van der Waals surface area contributed by atoms with Crippen molar-refractivity contribution in [1.82, 2.24) is 15.1 Å². The molecular formula is C19H24N4O4. The number of nitrogens with zero attached hydrogens (tertiary/aromatic N) is 2. The van der Waals surface area contributed by atoms with Crippen LogP contribution < -0.4 is 10.1 Å². The van der Waals surface area contributed by atoms with Gasteiger partial charge in [-0.3, -0.25) is 9.89 Å². The van der Waals surface area contributed by atoms with Crippen molar-refractivity contribution in [3.05, 3.63) is 41.2 Å². The van der Waals surface area contributed by atoms with E-state index in [1.165, 1.54) is 0 Å². The summed E-state index contributed by atoms with van der Waals surface area (Å²) in [4.78, 5) is 26.6. The average Bonchev–Trinajstić information content (AvgIpc) is 3.03. The summed E-state index contributed by atoms with van der Waals surface area (Å²) in [6.45, 7) is 6.27. The quantitative estimate of drug-likeness (QED) is 0.863. The highest BCUT2D eigenvalue weighted by atomic mass is 16.6. The third-order valence-corrected chi connectivity index (χ3v) is 4.13. The number of aromatic amines is 1. The predicted molar refractivity (Wildman–Crippen MR) is 99.9 cm³/mol. The molecule has 3 rings (SSSR count). The van der Waals surface area contributed by atoms with Crippen molar-refractivity contribution in [1.29, 1.82) is 0 Å². The van der Waals surface area contributed by atoms with E-state index in [0.29, 0.717) is 30.0 Å². The molecule has 2 aromatic rings. The first-order valence-electron chi connectivity index (χ1n) is 8.76. The van der Waals surface area contributed by atoms with E-state index in [1.54, 1.807) is 36.3 Å². The van der Waals surface area contributed by atoms with E-state index in [4.69, 9.17) is 9.47 Å². The summed E-state index contributed by atoms with van der Waals surface area (Å²) in [5, 5.41) is 9.88. The number of benzene rings is 1. The van der Waals surface area contributed by atoms with Gasteiger partial charge in [-0.1, -0.05) is 6.07 Å². The Morgan fingerprint density at radius 1 is 1.30 bits per heavy atom. The molecule has 0 unspecified atom stereocenters. The normalized spacial score (nSPS) is 13.7. The third-order valence-electron chi connectivity index (χ3n) is 4.13. The molecule has 2 heterocycles. The van der Waals surface area contributed by atoms with Crippen molar-refractivity contribution in [3.63, 3.8) is 0 Å². The van der Waals surface area contributed by atoms with Gasteiger partial charge in [-0.25, -0.2) is 4.79 Å². The molecule has 1 aliphatic rings. The van der Waals surface area contributed by atoms with Crippen LogP contribution in [0.3, 0.4) is 0 Å². The number of ether oxygens (including phenoxy) is 2. The zero-order valence-corrected chi connectivity index (χ0v) is 16.0. The molecule has 0 atom stereocenters. The number of H-pyrrole nitrogens is 1. The molecule has 1 aromatic carbocycles. The number of carbonyl (C=O) groups is 2. The van der Waals surface area contributed by atoms with E-state index in [9.17, 15) is 9.59 Å². The number of fused-ring (bicyclic) bond motifs is 1. The van der Waals surface area contributed by atoms with Crippen molar-refractivity contribution >= 4 is 17.7 Å². The van der Waals surface area contributed by atoms with Crippen molar-refractivity contribution in [3.8, 4) is 5.75 Å². The molecule has 2 N–H and O–H groups in total. The van der Waals surface area contributed by atoms with Gasteiger partial charge in [0.25, 0.3) is 5.91 Å². The molecule has 0 saturated carbocycles. The highest BCUT2D eigenvalue weighted by Crippen LogP contribution is 2.24. The number of rotatable bonds is 3. The lowest BCUT2D eigenvalue weighted by Gasteiger charge is -2.30. The lowest BCUT2D eigenvalue weighted by molar-refractivity contribution is 0.0222. The molecule has 0 aliphatic carbocycles. The fraction of sp³-hybridized carbons (Fsp3) is 0.421. The summed E-state index contributed by atoms with van der Waals surface area (Å²) in [5.74, 6) is 0.305. The van der Waals surface area contributed by atoms with E-state index < -0.39 is 11.7 Å². The minimum Gasteiger partial charge on any atom is -0.497 e. The summed E-state index contributed by atoms with van der Waals surface area (Å²) < 4.78 is 10.6. The fourth-order valence-electron chi connectivity index (χ4n) is 2.86. The maximum Gasteiger partial charge on any atom is 0.410 e. The number of hydrogen-bond donors (Lipinski definition) is 2. The molecule has 0 bridgehead atoms. The minimum atomic E-state index is -0.569. The molecule has 8 nitrogen and oxygen atoms in total. The Balaban J connectivity index is 1.75. The highest BCUT2D eigenvalue weighted by molar-refractivity contribution is 6.04. The first-order valence-corrected chi connectivity index (χ1v) is 8.76. The van der Waals surface area contributed by atoms with Crippen molar-refractivity contribution < 1.29 is 19.1 Å². The summed E-state index contributed by atoms with van der Waals surface area (Å²) in [6, 6.07) is 7.08. The van der Waals surface area contributed by atoms with Crippen LogP contribution in [0.15, 0.2) is 24.3 Å². The highest BCUT2D eigenvalue weighted by Gasteiger charge is 2.30. The Labute approximate surface area is 157 Å². The van der Waals surface area contributed by atoms with Crippen molar-refractivity contribution in [2.75, 3.05) is 19.0 Å². The summed E-state index contributed by atoms with van der Waals surface area (Å²) in [7, 11) is 1.57. The Morgan fingerprint density at radius 3 is 2.78 bits per heavy atom. The average molecular weight is 372 g/mol. The molecule has 0 radical (unpaired) electrons. The topological polar surface area (TPSA) is 96.5 Å². The SMILES string of the molecule is COc1cccc(NC(=O)c2n[nH]c3c2CN(C(=O)OC(C)(C)C)CC3)c1. The van der Waals surface area contributed by atoms with Crippen LogP contribution in [0.4, 0.5) is 10.5 Å². The molecule has 0 saturated heterocycles. The number of methoxy groups -OCH3 is 1. The zero-order valence-electron chi connectivity index (χ0n) is 16.0. The fourth-order valence-corrected chi connectivity index (χ4v) is 2.86. The second kappa shape index (κ2) is 7.30. The molecule has 1 aromatic heterocycles. The van der Waals surface area contributed by atoms with Crippen LogP contribution in [0.5, 0.6) is 5.75 Å². The lowest BCUT2D eigenvalue weighted by Crippen LogP contribution is -2.40. The number of carbonyl (C=O) groups excluding carboxylic acids is 2. The van der Waals surface area contributed by atoms with Crippen LogP contribution in [0.1, 0.15) is 42.5 Å². The Hall–Kier alpha value is -3.03. The Morgan fingerprint density at radius 2 is 2.07 bits per heavy atom. The number of hydrogen-bond acceptors (Lipinski definition) is 5. The van der Waals surface area contributed by atoms with Crippen LogP contribution in [0.2, 0.25) is 0 Å². The van der Waals surface area contributed by atoms with Gasteiger partial charge in [0.2, 0.25) is 0 Å². The lowest BCUT2D eigenvalue weighted by atomic mass is 10.1. The third kappa shape index (κ3) is 4.39. The van der Waals surface area contributed by atoms with Gasteiger partial charge in [-0.15, -0.1) is 0 Å². The maximum atomic E-state index is 12.7. The van der Waals surface area contributed by atoms with Gasteiger partial charge in [-0.2, -0.15) is 5.10 Å². The maximum absolute atomic E-state index is 12.7. The van der Waals surface area contributed by atoms with Gasteiger partial charge >= 0.3 is 6.09 Å². The zero-order chi connectivity index (χ0) is 19.6. The molecule has 1 aliphatic heterocycles. The van der Waals surface area contributed by atoms with E-state index in [-0.39, 0.29) is 18.1 Å². The van der Waals surface area contributed by atoms with Gasteiger partial charge in [0, 0.05) is 36.0 Å². The van der Waals surface area contributed by atoms with Crippen LogP contribution in [0, 0.1) is 0 Å². The predicted octanol–water partition coefficient (Wildman–Crippen LogP) is 2.96. The second-order valence-electron chi connectivity index (χ2n) is 7.37. The number of amides is 2. The van der Waals surface area contributed by atoms with Crippen LogP contribution in [-0.4, -0.2) is 46.4 Å². The van der Waals surface area contributed by atoms with Crippen molar-refractivity contribution in [2.24, 2.45) is 0 Å². The first kappa shape index (κ1) is 18.8. The van der Waals surface area contributed by atoms with Gasteiger partial charge in [0.15, 0.2) is 5.69 Å². The van der Waals surface area contributed by atoms with E-state index in [2.05, 4.69) is 15.5 Å². The molecular weight excluding hydrogens is 348 g/mol. The summed E-state index contributed by atoms with van der Waals surface area (Å²) in [6.07, 6.45) is 0.196. The van der Waals surface area contributed by atoms with Gasteiger partial charge < -0.3 is 19.7 Å². The van der Waals surface area contributed by atoms with Crippen molar-refractivity contribution in [2.45, 2.75) is 39.3 Å². The van der Waals surface area contributed by atoms with Crippen LogP contribution in [-0.2, 0) is 17.7 Å². The monoisotopic (exact) mass is 372 g/mol. The van der Waals surface area contributed by atoms with Gasteiger partial charge in [-0.05, 0) is 32.9 Å². The smallest absolute Gasteiger partial charge is 0.410 e. The minimum absolute atomic E-state index is 0.279. The number of anilines is 1. The Kier molecular flexibility index (Phi) is 5.07. The molecule has 27 heavy (non-hydrogen) atoms. The summed E-state index contributed by atoms with van der Waals surface area (Å²) >= 11 is 0. The second-order valence-corrected chi connectivity index (χ2v) is 7.37. The molecule has 0 spiro atoms. The van der Waals surface area contributed by atoms with Crippen LogP contribution >= 0.6 is 0 Å². The standard InChI is InChI=1S/C19H24N4O4/c1-19(2,3)27-18(25)23-9-8-15-14(11-23)16(22-21-15)17(24)20-12-6-5-7-13(10-12)26-4/h5-7,10H,8-9,11H2,1-4H3,(H,20,24)(H,21,22). The Bertz CT molecular complexity index is 854.